The van der Waals surface area contributed by atoms with Crippen molar-refractivity contribution in [3.05, 3.63) is 11.6 Å². The number of ether oxygens (including phenoxy) is 2. The number of esters is 2. The topological polar surface area (TPSA) is 72.8 Å². The zero-order chi connectivity index (χ0) is 14.5. The molecule has 0 aromatic carbocycles. The standard InChI is InChI=1S/C15H20O5/c1-8-3-4-9-11(16)5-6-12-15(9,14(18)19-2)10(8)7-13(17)20-12/h3,9-12,16H,4-7H2,1-2H3/t9-,10-,11-,12+,15-/m0/s1. The fourth-order valence-corrected chi connectivity index (χ4v) is 4.45. The molecule has 0 spiro atoms. The highest BCUT2D eigenvalue weighted by Gasteiger charge is 2.66. The predicted octanol–water partition coefficient (Wildman–Crippen LogP) is 1.20. The number of carbonyl (C=O) groups excluding carboxylic acids is 2. The van der Waals surface area contributed by atoms with Crippen LogP contribution in [0.3, 0.4) is 0 Å². The van der Waals surface area contributed by atoms with E-state index >= 15 is 0 Å². The largest absolute Gasteiger partial charge is 0.468 e. The van der Waals surface area contributed by atoms with Crippen LogP contribution in [0.25, 0.3) is 0 Å². The fourth-order valence-electron chi connectivity index (χ4n) is 4.45. The Hall–Kier alpha value is -1.36. The van der Waals surface area contributed by atoms with Crippen LogP contribution in [0.1, 0.15) is 32.6 Å². The monoisotopic (exact) mass is 280 g/mol. The summed E-state index contributed by atoms with van der Waals surface area (Å²) in [6.45, 7) is 1.95. The lowest BCUT2D eigenvalue weighted by atomic mass is 9.51. The molecule has 1 aliphatic heterocycles. The Morgan fingerprint density at radius 3 is 2.95 bits per heavy atom. The number of aliphatic hydroxyl groups excluding tert-OH is 1. The summed E-state index contributed by atoms with van der Waals surface area (Å²) in [7, 11) is 1.36. The van der Waals surface area contributed by atoms with Gasteiger partial charge in [-0.05, 0) is 26.2 Å². The predicted molar refractivity (Wildman–Crippen MR) is 69.5 cm³/mol. The highest BCUT2D eigenvalue weighted by atomic mass is 16.6. The Labute approximate surface area is 117 Å². The van der Waals surface area contributed by atoms with E-state index in [-0.39, 0.29) is 30.2 Å². The summed E-state index contributed by atoms with van der Waals surface area (Å²) >= 11 is 0. The van der Waals surface area contributed by atoms with E-state index in [2.05, 4.69) is 0 Å². The van der Waals surface area contributed by atoms with Crippen LogP contribution < -0.4 is 0 Å². The molecule has 5 heteroatoms. The van der Waals surface area contributed by atoms with Crippen LogP contribution in [-0.4, -0.2) is 36.4 Å². The summed E-state index contributed by atoms with van der Waals surface area (Å²) in [5, 5.41) is 10.3. The second-order valence-electron chi connectivity index (χ2n) is 6.09. The number of rotatable bonds is 1. The van der Waals surface area contributed by atoms with Crippen LogP contribution in [0.4, 0.5) is 0 Å². The quantitative estimate of drug-likeness (QED) is 0.577. The van der Waals surface area contributed by atoms with Gasteiger partial charge in [-0.1, -0.05) is 11.6 Å². The third-order valence-corrected chi connectivity index (χ3v) is 5.34. The smallest absolute Gasteiger partial charge is 0.316 e. The Morgan fingerprint density at radius 2 is 2.25 bits per heavy atom. The number of methoxy groups -OCH3 is 1. The number of aliphatic hydroxyl groups is 1. The maximum absolute atomic E-state index is 12.6. The third-order valence-electron chi connectivity index (χ3n) is 5.34. The Bertz CT molecular complexity index is 483. The van der Waals surface area contributed by atoms with Gasteiger partial charge in [-0.2, -0.15) is 0 Å². The SMILES string of the molecule is COC(=O)[C@@]12[C@H]3CC[C@H](O)[C@@H]1CC=C(C)[C@@H]2CC(=O)O3. The lowest BCUT2D eigenvalue weighted by molar-refractivity contribution is -0.215. The summed E-state index contributed by atoms with van der Waals surface area (Å²) in [6.07, 6.45) is 2.92. The van der Waals surface area contributed by atoms with Crippen molar-refractivity contribution in [3.8, 4) is 0 Å². The zero-order valence-electron chi connectivity index (χ0n) is 11.8. The first-order chi connectivity index (χ1) is 9.51. The van der Waals surface area contributed by atoms with Gasteiger partial charge in [-0.3, -0.25) is 9.59 Å². The molecule has 2 aliphatic carbocycles. The van der Waals surface area contributed by atoms with Gasteiger partial charge in [0.05, 0.1) is 19.6 Å². The Balaban J connectivity index is 2.16. The molecule has 3 rings (SSSR count). The van der Waals surface area contributed by atoms with Crippen molar-refractivity contribution in [1.82, 2.24) is 0 Å². The van der Waals surface area contributed by atoms with Crippen LogP contribution in [0.5, 0.6) is 0 Å². The molecule has 3 aliphatic rings. The minimum Gasteiger partial charge on any atom is -0.468 e. The molecule has 1 saturated carbocycles. The first kappa shape index (κ1) is 13.6. The zero-order valence-corrected chi connectivity index (χ0v) is 11.8. The van der Waals surface area contributed by atoms with E-state index in [0.29, 0.717) is 19.3 Å². The molecule has 0 unspecified atom stereocenters. The Kier molecular flexibility index (Phi) is 3.12. The van der Waals surface area contributed by atoms with Crippen LogP contribution >= 0.6 is 0 Å². The van der Waals surface area contributed by atoms with Gasteiger partial charge in [0, 0.05) is 11.8 Å². The van der Waals surface area contributed by atoms with Crippen LogP contribution in [0.2, 0.25) is 0 Å². The number of hydrogen-bond acceptors (Lipinski definition) is 5. The maximum Gasteiger partial charge on any atom is 0.316 e. The van der Waals surface area contributed by atoms with Crippen LogP contribution in [0, 0.1) is 17.3 Å². The molecular weight excluding hydrogens is 260 g/mol. The van der Waals surface area contributed by atoms with Gasteiger partial charge in [-0.15, -0.1) is 0 Å². The Morgan fingerprint density at radius 1 is 1.50 bits per heavy atom. The van der Waals surface area contributed by atoms with E-state index in [1.165, 1.54) is 7.11 Å². The number of allylic oxidation sites excluding steroid dienone is 2. The van der Waals surface area contributed by atoms with Gasteiger partial charge in [-0.25, -0.2) is 0 Å². The van der Waals surface area contributed by atoms with Gasteiger partial charge in [0.2, 0.25) is 0 Å². The van der Waals surface area contributed by atoms with Crippen molar-refractivity contribution in [2.75, 3.05) is 7.11 Å². The summed E-state index contributed by atoms with van der Waals surface area (Å²) in [5.41, 5.74) is 0.126. The van der Waals surface area contributed by atoms with Crippen molar-refractivity contribution in [3.63, 3.8) is 0 Å². The number of hydrogen-bond donors (Lipinski definition) is 1. The van der Waals surface area contributed by atoms with Crippen molar-refractivity contribution in [1.29, 1.82) is 0 Å². The highest BCUT2D eigenvalue weighted by molar-refractivity contribution is 5.84. The third kappa shape index (κ3) is 1.59. The maximum atomic E-state index is 12.6. The van der Waals surface area contributed by atoms with Crippen LogP contribution in [-0.2, 0) is 19.1 Å². The van der Waals surface area contributed by atoms with Gasteiger partial charge in [0.1, 0.15) is 11.5 Å². The lowest BCUT2D eigenvalue weighted by Crippen LogP contribution is -2.64. The molecule has 5 nitrogen and oxygen atoms in total. The number of carbonyl (C=O) groups is 2. The molecule has 0 amide bonds. The average molecular weight is 280 g/mol. The molecule has 2 fully saturated rings. The van der Waals surface area contributed by atoms with Gasteiger partial charge in [0.15, 0.2) is 0 Å². The van der Waals surface area contributed by atoms with E-state index < -0.39 is 17.6 Å². The van der Waals surface area contributed by atoms with Gasteiger partial charge >= 0.3 is 11.9 Å². The first-order valence-corrected chi connectivity index (χ1v) is 7.14. The van der Waals surface area contributed by atoms with Gasteiger partial charge in [0.25, 0.3) is 0 Å². The molecule has 0 bridgehead atoms. The lowest BCUT2D eigenvalue weighted by Gasteiger charge is -2.56. The molecular formula is C15H20O5. The second-order valence-corrected chi connectivity index (χ2v) is 6.09. The summed E-state index contributed by atoms with van der Waals surface area (Å²) in [6, 6.07) is 0. The van der Waals surface area contributed by atoms with Gasteiger partial charge < -0.3 is 14.6 Å². The molecule has 1 saturated heterocycles. The molecule has 0 aromatic heterocycles. The minimum absolute atomic E-state index is 0.192. The highest BCUT2D eigenvalue weighted by Crippen LogP contribution is 2.58. The minimum atomic E-state index is -0.904. The van der Waals surface area contributed by atoms with Crippen molar-refractivity contribution in [2.45, 2.75) is 44.8 Å². The van der Waals surface area contributed by atoms with Crippen LogP contribution in [0.15, 0.2) is 11.6 Å². The first-order valence-electron chi connectivity index (χ1n) is 7.14. The second kappa shape index (κ2) is 4.58. The molecule has 1 N–H and O–H groups in total. The molecule has 0 radical (unpaired) electrons. The molecule has 5 atom stereocenters. The average Bonchev–Trinajstić information content (AvgIpc) is 2.44. The van der Waals surface area contributed by atoms with E-state index in [1.807, 2.05) is 13.0 Å². The van der Waals surface area contributed by atoms with E-state index in [1.54, 1.807) is 0 Å². The molecule has 20 heavy (non-hydrogen) atoms. The normalized spacial score (nSPS) is 43.1. The van der Waals surface area contributed by atoms with Crippen molar-refractivity contribution < 1.29 is 24.2 Å². The van der Waals surface area contributed by atoms with E-state index in [9.17, 15) is 14.7 Å². The van der Waals surface area contributed by atoms with E-state index in [0.717, 1.165) is 5.57 Å². The van der Waals surface area contributed by atoms with E-state index in [4.69, 9.17) is 9.47 Å². The summed E-state index contributed by atoms with van der Waals surface area (Å²) < 4.78 is 10.5. The van der Waals surface area contributed by atoms with Crippen molar-refractivity contribution in [2.24, 2.45) is 17.3 Å². The molecule has 0 aromatic rings. The molecule has 110 valence electrons. The fraction of sp³-hybridized carbons (Fsp3) is 0.733. The van der Waals surface area contributed by atoms with Crippen molar-refractivity contribution >= 4 is 11.9 Å². The summed E-state index contributed by atoms with van der Waals surface area (Å²) in [5.74, 6) is -1.05. The summed E-state index contributed by atoms with van der Waals surface area (Å²) in [4.78, 5) is 24.4. The molecule has 1 heterocycles.